The summed E-state index contributed by atoms with van der Waals surface area (Å²) in [7, 11) is -4.09. The summed E-state index contributed by atoms with van der Waals surface area (Å²) in [5, 5.41) is -5.02. The van der Waals surface area contributed by atoms with Gasteiger partial charge in [0, 0.05) is 12.8 Å². The van der Waals surface area contributed by atoms with Gasteiger partial charge in [0.2, 0.25) is 0 Å². The molecule has 0 spiro atoms. The van der Waals surface area contributed by atoms with Crippen molar-refractivity contribution in [1.29, 1.82) is 0 Å². The van der Waals surface area contributed by atoms with Gasteiger partial charge in [0.1, 0.15) is 0 Å². The molecule has 0 aliphatic rings. The van der Waals surface area contributed by atoms with Crippen LogP contribution in [0.1, 0.15) is 12.8 Å². The van der Waals surface area contributed by atoms with Crippen LogP contribution in [0.5, 0.6) is 0 Å². The van der Waals surface area contributed by atoms with Crippen LogP contribution in [-0.4, -0.2) is 74.0 Å². The molecule has 0 aromatic carbocycles. The van der Waals surface area contributed by atoms with Crippen molar-refractivity contribution in [2.24, 2.45) is 0 Å². The average Bonchev–Trinajstić information content (AvgIpc) is 2.58. The van der Waals surface area contributed by atoms with Crippen molar-refractivity contribution in [1.82, 2.24) is 5.32 Å². The standard InChI is InChI=1S/C10H5F17O3S.C2H7N/c11-3(12,1-2-4(13,14)15)5(16,17)6(18,19)7(20,21)8(22,23)9(24,25)10(26,27)31(28,29)30;1-3-2/h1-2H2,(H,28,29,30);3H,1-2H3. The first kappa shape index (κ1) is 34.8. The van der Waals surface area contributed by atoms with E-state index < -0.39 is 69.9 Å². The molecule has 0 rings (SSSR count). The first-order valence-electron chi connectivity index (χ1n) is 7.64. The van der Waals surface area contributed by atoms with E-state index in [-0.39, 0.29) is 0 Å². The summed E-state index contributed by atoms with van der Waals surface area (Å²) in [6.45, 7) is 0. The van der Waals surface area contributed by atoms with Gasteiger partial charge >= 0.3 is 57.1 Å². The fraction of sp³-hybridized carbons (Fsp3) is 1.00. The summed E-state index contributed by atoms with van der Waals surface area (Å²) in [4.78, 5) is 0. The molecular weight excluding hydrogens is 561 g/mol. The van der Waals surface area contributed by atoms with Gasteiger partial charge in [-0.1, -0.05) is 0 Å². The lowest BCUT2D eigenvalue weighted by Crippen LogP contribution is -2.73. The zero-order valence-corrected chi connectivity index (χ0v) is 16.8. The lowest BCUT2D eigenvalue weighted by Gasteiger charge is -2.42. The van der Waals surface area contributed by atoms with Crippen molar-refractivity contribution >= 4 is 10.1 Å². The number of hydrogen-bond donors (Lipinski definition) is 2. The second-order valence-corrected chi connectivity index (χ2v) is 7.65. The Morgan fingerprint density at radius 1 is 0.559 bits per heavy atom. The van der Waals surface area contributed by atoms with Crippen molar-refractivity contribution in [2.45, 2.75) is 59.8 Å². The Hall–Kier alpha value is -1.32. The molecular formula is C12H12F17NO3S. The fourth-order valence-corrected chi connectivity index (χ4v) is 2.07. The molecule has 2 N–H and O–H groups in total. The molecule has 0 atom stereocenters. The third-order valence-corrected chi connectivity index (χ3v) is 4.35. The predicted molar refractivity (Wildman–Crippen MR) is 76.5 cm³/mol. The molecule has 0 unspecified atom stereocenters. The summed E-state index contributed by atoms with van der Waals surface area (Å²) in [5.41, 5.74) is 0. The quantitative estimate of drug-likeness (QED) is 0.284. The van der Waals surface area contributed by atoms with Crippen LogP contribution in [0, 0.1) is 0 Å². The second-order valence-electron chi connectivity index (χ2n) is 6.18. The SMILES string of the molecule is CNC.O=S(=O)(O)C(F)(F)C(F)(F)C(F)(F)C(F)(F)C(F)(F)C(F)(F)C(F)(F)CCC(F)(F)F. The molecule has 4 nitrogen and oxygen atoms in total. The summed E-state index contributed by atoms with van der Waals surface area (Å²) < 4.78 is 247. The molecule has 0 radical (unpaired) electrons. The minimum absolute atomic E-state index is 1.88. The number of alkyl halides is 17. The Labute approximate surface area is 178 Å². The molecule has 0 saturated carbocycles. The first-order valence-corrected chi connectivity index (χ1v) is 9.08. The minimum atomic E-state index is -8.66. The predicted octanol–water partition coefficient (Wildman–Crippen LogP) is 5.46. The van der Waals surface area contributed by atoms with Crippen LogP contribution >= 0.6 is 0 Å². The molecule has 0 heterocycles. The minimum Gasteiger partial charge on any atom is -0.323 e. The van der Waals surface area contributed by atoms with E-state index in [2.05, 4.69) is 5.32 Å². The number of halogens is 17. The molecule has 0 aliphatic heterocycles. The molecule has 0 saturated heterocycles. The highest BCUT2D eigenvalue weighted by Gasteiger charge is 2.94. The molecule has 22 heteroatoms. The van der Waals surface area contributed by atoms with E-state index in [0.717, 1.165) is 0 Å². The highest BCUT2D eigenvalue weighted by atomic mass is 32.2. The highest BCUT2D eigenvalue weighted by molar-refractivity contribution is 7.87. The topological polar surface area (TPSA) is 66.4 Å². The van der Waals surface area contributed by atoms with Gasteiger partial charge in [0.15, 0.2) is 0 Å². The molecule has 0 amide bonds. The molecule has 0 fully saturated rings. The maximum atomic E-state index is 13.3. The van der Waals surface area contributed by atoms with Gasteiger partial charge in [-0.15, -0.1) is 0 Å². The van der Waals surface area contributed by atoms with Crippen LogP contribution in [0.3, 0.4) is 0 Å². The Morgan fingerprint density at radius 3 is 1.09 bits per heavy atom. The summed E-state index contributed by atoms with van der Waals surface area (Å²) in [6, 6.07) is 0. The number of rotatable bonds is 9. The van der Waals surface area contributed by atoms with Crippen LogP contribution in [-0.2, 0) is 10.1 Å². The fourth-order valence-electron chi connectivity index (χ4n) is 1.62. The van der Waals surface area contributed by atoms with Crippen molar-refractivity contribution < 1.29 is 87.6 Å². The van der Waals surface area contributed by atoms with Gasteiger partial charge in [0.25, 0.3) is 0 Å². The Bertz CT molecular complexity index is 790. The Balaban J connectivity index is 0. The lowest BCUT2D eigenvalue weighted by molar-refractivity contribution is -0.436. The third-order valence-electron chi connectivity index (χ3n) is 3.45. The lowest BCUT2D eigenvalue weighted by atomic mass is 9.90. The van der Waals surface area contributed by atoms with E-state index in [1.54, 1.807) is 0 Å². The van der Waals surface area contributed by atoms with Gasteiger partial charge in [-0.25, -0.2) is 0 Å². The smallest absolute Gasteiger partial charge is 0.323 e. The van der Waals surface area contributed by atoms with E-state index in [1.807, 2.05) is 14.1 Å². The van der Waals surface area contributed by atoms with Crippen molar-refractivity contribution in [2.75, 3.05) is 14.1 Å². The number of hydrogen-bond acceptors (Lipinski definition) is 3. The summed E-state index contributed by atoms with van der Waals surface area (Å²) >= 11 is 0. The second kappa shape index (κ2) is 9.62. The maximum absolute atomic E-state index is 13.3. The van der Waals surface area contributed by atoms with Crippen molar-refractivity contribution in [3.05, 3.63) is 0 Å². The average molecular weight is 573 g/mol. The van der Waals surface area contributed by atoms with Gasteiger partial charge in [0.05, 0.1) is 0 Å². The van der Waals surface area contributed by atoms with Crippen LogP contribution in [0.4, 0.5) is 74.6 Å². The zero-order chi connectivity index (χ0) is 28.6. The van der Waals surface area contributed by atoms with Crippen LogP contribution < -0.4 is 5.32 Å². The van der Waals surface area contributed by atoms with Gasteiger partial charge in [-0.3, -0.25) is 4.55 Å². The van der Waals surface area contributed by atoms with Crippen molar-refractivity contribution in [3.63, 3.8) is 0 Å². The van der Waals surface area contributed by atoms with Crippen molar-refractivity contribution in [3.8, 4) is 0 Å². The Morgan fingerprint density at radius 2 is 0.824 bits per heavy atom. The highest BCUT2D eigenvalue weighted by Crippen LogP contribution is 2.63. The van der Waals surface area contributed by atoms with Crippen LogP contribution in [0.25, 0.3) is 0 Å². The van der Waals surface area contributed by atoms with Crippen LogP contribution in [0.2, 0.25) is 0 Å². The normalized spacial score (nSPS) is 15.6. The maximum Gasteiger partial charge on any atom is 0.438 e. The van der Waals surface area contributed by atoms with E-state index in [0.29, 0.717) is 0 Å². The van der Waals surface area contributed by atoms with E-state index in [9.17, 15) is 83.1 Å². The van der Waals surface area contributed by atoms with E-state index in [1.165, 1.54) is 0 Å². The zero-order valence-electron chi connectivity index (χ0n) is 16.0. The monoisotopic (exact) mass is 573 g/mol. The third kappa shape index (κ3) is 5.73. The molecule has 208 valence electrons. The van der Waals surface area contributed by atoms with Gasteiger partial charge in [-0.05, 0) is 14.1 Å². The van der Waals surface area contributed by atoms with E-state index >= 15 is 0 Å². The molecule has 34 heavy (non-hydrogen) atoms. The Kier molecular flexibility index (Phi) is 9.86. The largest absolute Gasteiger partial charge is 0.438 e. The van der Waals surface area contributed by atoms with Gasteiger partial charge in [-0.2, -0.15) is 83.1 Å². The van der Waals surface area contributed by atoms with Crippen LogP contribution in [0.15, 0.2) is 0 Å². The molecule has 0 aromatic rings. The molecule has 0 bridgehead atoms. The summed E-state index contributed by atoms with van der Waals surface area (Å²) in [5.74, 6) is -49.1. The summed E-state index contributed by atoms with van der Waals surface area (Å²) in [6.07, 6.45) is -12.4. The number of nitrogens with one attached hydrogen (secondary N) is 1. The molecule has 0 aliphatic carbocycles. The van der Waals surface area contributed by atoms with Gasteiger partial charge < -0.3 is 5.32 Å². The first-order chi connectivity index (χ1) is 14.4. The van der Waals surface area contributed by atoms with E-state index in [4.69, 9.17) is 4.55 Å². The molecule has 0 aromatic heterocycles.